The van der Waals surface area contributed by atoms with E-state index < -0.39 is 17.5 Å². The van der Waals surface area contributed by atoms with Gasteiger partial charge in [0.25, 0.3) is 0 Å². The third kappa shape index (κ3) is 2.69. The molecule has 1 aliphatic heterocycles. The second-order valence-corrected chi connectivity index (χ2v) is 4.95. The summed E-state index contributed by atoms with van der Waals surface area (Å²) in [5.74, 6) is -3.05. The Balaban J connectivity index is 2.28. The van der Waals surface area contributed by atoms with Crippen molar-refractivity contribution in [3.8, 4) is 0 Å². The summed E-state index contributed by atoms with van der Waals surface area (Å²) in [7, 11) is 0. The average Bonchev–Trinajstić information content (AvgIpc) is 2.36. The summed E-state index contributed by atoms with van der Waals surface area (Å²) in [5, 5.41) is 3.30. The molecule has 0 bridgehead atoms. The molecule has 1 aromatic rings. The quantitative estimate of drug-likeness (QED) is 0.816. The van der Waals surface area contributed by atoms with Crippen molar-refractivity contribution < 1.29 is 13.2 Å². The number of hydrogen-bond acceptors (Lipinski definition) is 1. The van der Waals surface area contributed by atoms with Crippen LogP contribution in [0.1, 0.15) is 37.7 Å². The third-order valence-electron chi connectivity index (χ3n) is 3.70. The Kier molecular flexibility index (Phi) is 4.27. The molecule has 0 aromatic heterocycles. The van der Waals surface area contributed by atoms with Gasteiger partial charge < -0.3 is 5.32 Å². The van der Waals surface area contributed by atoms with Crippen LogP contribution in [0, 0.1) is 23.4 Å². The van der Waals surface area contributed by atoms with Crippen LogP contribution in [0.3, 0.4) is 0 Å². The van der Waals surface area contributed by atoms with E-state index >= 15 is 0 Å². The summed E-state index contributed by atoms with van der Waals surface area (Å²) in [6.45, 7) is 3.79. The maximum absolute atomic E-state index is 13.3. The second-order valence-electron chi connectivity index (χ2n) is 4.95. The molecule has 0 radical (unpaired) electrons. The SMILES string of the molecule is CCCC1CNCCC1c1cc(F)c(F)c(F)c1. The van der Waals surface area contributed by atoms with Gasteiger partial charge in [0.05, 0.1) is 0 Å². The summed E-state index contributed by atoms with van der Waals surface area (Å²) in [6, 6.07) is 2.30. The van der Waals surface area contributed by atoms with Gasteiger partial charge in [-0.15, -0.1) is 0 Å². The number of hydrogen-bond donors (Lipinski definition) is 1. The zero-order valence-electron chi connectivity index (χ0n) is 10.5. The topological polar surface area (TPSA) is 12.0 Å². The summed E-state index contributed by atoms with van der Waals surface area (Å²) < 4.78 is 39.5. The summed E-state index contributed by atoms with van der Waals surface area (Å²) in [4.78, 5) is 0. The van der Waals surface area contributed by atoms with E-state index in [0.29, 0.717) is 11.5 Å². The van der Waals surface area contributed by atoms with E-state index in [1.807, 2.05) is 0 Å². The maximum atomic E-state index is 13.3. The van der Waals surface area contributed by atoms with Gasteiger partial charge in [0, 0.05) is 0 Å². The Bertz CT molecular complexity index is 394. The van der Waals surface area contributed by atoms with E-state index in [4.69, 9.17) is 0 Å². The van der Waals surface area contributed by atoms with E-state index in [2.05, 4.69) is 12.2 Å². The van der Waals surface area contributed by atoms with Crippen LogP contribution in [0.25, 0.3) is 0 Å². The Labute approximate surface area is 105 Å². The fourth-order valence-electron chi connectivity index (χ4n) is 2.83. The van der Waals surface area contributed by atoms with Gasteiger partial charge in [0.2, 0.25) is 0 Å². The van der Waals surface area contributed by atoms with Crippen molar-refractivity contribution in [2.24, 2.45) is 5.92 Å². The molecule has 1 saturated heterocycles. The van der Waals surface area contributed by atoms with Crippen LogP contribution in [-0.2, 0) is 0 Å². The zero-order chi connectivity index (χ0) is 13.1. The molecule has 0 amide bonds. The van der Waals surface area contributed by atoms with Gasteiger partial charge in [0.15, 0.2) is 17.5 Å². The van der Waals surface area contributed by atoms with Gasteiger partial charge in [-0.3, -0.25) is 0 Å². The molecule has 2 rings (SSSR count). The zero-order valence-corrected chi connectivity index (χ0v) is 10.5. The molecular formula is C14H18F3N. The van der Waals surface area contributed by atoms with E-state index in [0.717, 1.165) is 44.5 Å². The second kappa shape index (κ2) is 5.74. The van der Waals surface area contributed by atoms with Crippen molar-refractivity contribution in [2.45, 2.75) is 32.1 Å². The average molecular weight is 257 g/mol. The van der Waals surface area contributed by atoms with Crippen LogP contribution >= 0.6 is 0 Å². The lowest BCUT2D eigenvalue weighted by atomic mass is 9.79. The molecule has 18 heavy (non-hydrogen) atoms. The van der Waals surface area contributed by atoms with Crippen LogP contribution in [0.15, 0.2) is 12.1 Å². The lowest BCUT2D eigenvalue weighted by Gasteiger charge is -2.32. The monoisotopic (exact) mass is 257 g/mol. The largest absolute Gasteiger partial charge is 0.316 e. The summed E-state index contributed by atoms with van der Waals surface area (Å²) in [5.41, 5.74) is 0.589. The van der Waals surface area contributed by atoms with Crippen LogP contribution in [0.2, 0.25) is 0 Å². The number of nitrogens with one attached hydrogen (secondary N) is 1. The smallest absolute Gasteiger partial charge is 0.194 e. The molecule has 1 N–H and O–H groups in total. The first kappa shape index (κ1) is 13.4. The summed E-state index contributed by atoms with van der Waals surface area (Å²) in [6.07, 6.45) is 2.89. The lowest BCUT2D eigenvalue weighted by Crippen LogP contribution is -2.35. The molecular weight excluding hydrogens is 239 g/mol. The van der Waals surface area contributed by atoms with Crippen LogP contribution < -0.4 is 5.32 Å². The molecule has 2 atom stereocenters. The highest BCUT2D eigenvalue weighted by molar-refractivity contribution is 5.24. The summed E-state index contributed by atoms with van der Waals surface area (Å²) >= 11 is 0. The first-order valence-corrected chi connectivity index (χ1v) is 6.48. The standard InChI is InChI=1S/C14H18F3N/c1-2-3-9-8-18-5-4-11(9)10-6-12(15)14(17)13(16)7-10/h6-7,9,11,18H,2-5,8H2,1H3. The molecule has 0 spiro atoms. The van der Waals surface area contributed by atoms with Gasteiger partial charge in [-0.25, -0.2) is 13.2 Å². The predicted molar refractivity (Wildman–Crippen MR) is 64.9 cm³/mol. The fourth-order valence-corrected chi connectivity index (χ4v) is 2.83. The number of halogens is 3. The molecule has 4 heteroatoms. The van der Waals surface area contributed by atoms with Crippen molar-refractivity contribution >= 4 is 0 Å². The Morgan fingerprint density at radius 3 is 2.50 bits per heavy atom. The third-order valence-corrected chi connectivity index (χ3v) is 3.70. The van der Waals surface area contributed by atoms with Gasteiger partial charge in [0.1, 0.15) is 0 Å². The maximum Gasteiger partial charge on any atom is 0.194 e. The minimum Gasteiger partial charge on any atom is -0.316 e. The van der Waals surface area contributed by atoms with Crippen molar-refractivity contribution in [1.29, 1.82) is 0 Å². The van der Waals surface area contributed by atoms with Crippen molar-refractivity contribution in [3.63, 3.8) is 0 Å². The van der Waals surface area contributed by atoms with Crippen molar-refractivity contribution in [1.82, 2.24) is 5.32 Å². The fraction of sp³-hybridized carbons (Fsp3) is 0.571. The lowest BCUT2D eigenvalue weighted by molar-refractivity contribution is 0.304. The molecule has 2 unspecified atom stereocenters. The molecule has 0 aliphatic carbocycles. The molecule has 1 nitrogen and oxygen atoms in total. The molecule has 1 heterocycles. The van der Waals surface area contributed by atoms with Crippen molar-refractivity contribution in [3.05, 3.63) is 35.1 Å². The predicted octanol–water partition coefficient (Wildman–Crippen LogP) is 3.60. The molecule has 0 saturated carbocycles. The Hall–Kier alpha value is -1.03. The van der Waals surface area contributed by atoms with E-state index in [9.17, 15) is 13.2 Å². The Morgan fingerprint density at radius 2 is 1.89 bits per heavy atom. The first-order chi connectivity index (χ1) is 8.63. The van der Waals surface area contributed by atoms with Gasteiger partial charge in [-0.1, -0.05) is 13.3 Å². The number of piperidine rings is 1. The van der Waals surface area contributed by atoms with E-state index in [1.165, 1.54) is 0 Å². The number of rotatable bonds is 3. The first-order valence-electron chi connectivity index (χ1n) is 6.48. The number of benzene rings is 1. The van der Waals surface area contributed by atoms with Gasteiger partial charge in [-0.05, 0) is 55.5 Å². The van der Waals surface area contributed by atoms with Crippen molar-refractivity contribution in [2.75, 3.05) is 13.1 Å². The van der Waals surface area contributed by atoms with E-state index in [-0.39, 0.29) is 5.92 Å². The van der Waals surface area contributed by atoms with Crippen LogP contribution in [-0.4, -0.2) is 13.1 Å². The minimum absolute atomic E-state index is 0.121. The van der Waals surface area contributed by atoms with Crippen LogP contribution in [0.4, 0.5) is 13.2 Å². The highest BCUT2D eigenvalue weighted by Gasteiger charge is 2.27. The van der Waals surface area contributed by atoms with Crippen LogP contribution in [0.5, 0.6) is 0 Å². The minimum atomic E-state index is -1.38. The molecule has 1 aromatic carbocycles. The highest BCUT2D eigenvalue weighted by Crippen LogP contribution is 2.34. The molecule has 1 fully saturated rings. The molecule has 1 aliphatic rings. The van der Waals surface area contributed by atoms with Gasteiger partial charge >= 0.3 is 0 Å². The Morgan fingerprint density at radius 1 is 1.22 bits per heavy atom. The van der Waals surface area contributed by atoms with Gasteiger partial charge in [-0.2, -0.15) is 0 Å². The molecule has 100 valence electrons. The highest BCUT2D eigenvalue weighted by atomic mass is 19.2. The normalized spacial score (nSPS) is 24.2. The van der Waals surface area contributed by atoms with E-state index in [1.54, 1.807) is 0 Å².